The number of para-hydroxylation sites is 1. The van der Waals surface area contributed by atoms with E-state index in [1.807, 2.05) is 30.3 Å². The van der Waals surface area contributed by atoms with Crippen molar-refractivity contribution in [3.8, 4) is 0 Å². The van der Waals surface area contributed by atoms with E-state index >= 15 is 0 Å². The molecule has 0 aliphatic heterocycles. The van der Waals surface area contributed by atoms with Crippen molar-refractivity contribution in [2.75, 3.05) is 5.75 Å². The summed E-state index contributed by atoms with van der Waals surface area (Å²) in [6.45, 7) is 4.72. The molecule has 150 valence electrons. The molecule has 1 aromatic heterocycles. The summed E-state index contributed by atoms with van der Waals surface area (Å²) < 4.78 is 1.70. The third-order valence-electron chi connectivity index (χ3n) is 5.17. The van der Waals surface area contributed by atoms with Crippen LogP contribution in [0.2, 0.25) is 0 Å². The minimum absolute atomic E-state index is 0.0322. The molecule has 3 aromatic rings. The van der Waals surface area contributed by atoms with Gasteiger partial charge >= 0.3 is 0 Å². The zero-order valence-corrected chi connectivity index (χ0v) is 17.5. The standard InChI is InChI=1S/C23H25N3O2S/c1-15(2)13-26-22(28)18-9-5-6-10-19(18)25-23(26)29-14-21(27)24-20-12-11-16-7-3-4-8-17(16)20/h3-10,15,20H,11-14H2,1-2H3,(H,24,27)/t20-/m0/s1. The number of fused-ring (bicyclic) bond motifs is 2. The molecule has 0 saturated heterocycles. The molecule has 1 aliphatic rings. The highest BCUT2D eigenvalue weighted by Crippen LogP contribution is 2.30. The summed E-state index contributed by atoms with van der Waals surface area (Å²) in [5.74, 6) is 0.510. The average Bonchev–Trinajstić information content (AvgIpc) is 3.11. The number of hydrogen-bond donors (Lipinski definition) is 1. The number of aromatic nitrogens is 2. The van der Waals surface area contributed by atoms with Gasteiger partial charge in [0.2, 0.25) is 5.91 Å². The second kappa shape index (κ2) is 8.41. The first-order valence-corrected chi connectivity index (χ1v) is 11.0. The lowest BCUT2D eigenvalue weighted by molar-refractivity contribution is -0.119. The molecule has 5 nitrogen and oxygen atoms in total. The third-order valence-corrected chi connectivity index (χ3v) is 6.15. The van der Waals surface area contributed by atoms with Crippen molar-refractivity contribution >= 4 is 28.6 Å². The number of rotatable bonds is 6. The molecular formula is C23H25N3O2S. The first-order chi connectivity index (χ1) is 14.0. The molecule has 4 rings (SSSR count). The van der Waals surface area contributed by atoms with Gasteiger partial charge in [0.05, 0.1) is 22.7 Å². The predicted molar refractivity (Wildman–Crippen MR) is 117 cm³/mol. The number of amides is 1. The molecule has 0 fully saturated rings. The van der Waals surface area contributed by atoms with E-state index in [0.29, 0.717) is 28.5 Å². The number of nitrogens with zero attached hydrogens (tertiary/aromatic N) is 2. The summed E-state index contributed by atoms with van der Waals surface area (Å²) in [5, 5.41) is 4.36. The third kappa shape index (κ3) is 4.22. The molecule has 1 N–H and O–H groups in total. The van der Waals surface area contributed by atoms with E-state index in [1.165, 1.54) is 22.9 Å². The van der Waals surface area contributed by atoms with Crippen molar-refractivity contribution in [2.24, 2.45) is 5.92 Å². The van der Waals surface area contributed by atoms with E-state index in [0.717, 1.165) is 12.8 Å². The Kier molecular flexibility index (Phi) is 5.72. The molecule has 2 aromatic carbocycles. The van der Waals surface area contributed by atoms with Gasteiger partial charge in [-0.1, -0.05) is 62.0 Å². The van der Waals surface area contributed by atoms with Gasteiger partial charge in [-0.05, 0) is 42.0 Å². The second-order valence-corrected chi connectivity index (χ2v) is 8.81. The van der Waals surface area contributed by atoms with Crippen LogP contribution in [0.25, 0.3) is 10.9 Å². The van der Waals surface area contributed by atoms with Crippen molar-refractivity contribution in [1.82, 2.24) is 14.9 Å². The maximum absolute atomic E-state index is 13.0. The highest BCUT2D eigenvalue weighted by molar-refractivity contribution is 7.99. The largest absolute Gasteiger partial charge is 0.349 e. The Morgan fingerprint density at radius 1 is 1.21 bits per heavy atom. The molecule has 1 amide bonds. The van der Waals surface area contributed by atoms with E-state index < -0.39 is 0 Å². The van der Waals surface area contributed by atoms with Crippen LogP contribution in [0.15, 0.2) is 58.5 Å². The first-order valence-electron chi connectivity index (χ1n) is 10.0. The van der Waals surface area contributed by atoms with Gasteiger partial charge < -0.3 is 5.32 Å². The lowest BCUT2D eigenvalue weighted by atomic mass is 10.1. The van der Waals surface area contributed by atoms with Crippen LogP contribution in [-0.4, -0.2) is 21.2 Å². The van der Waals surface area contributed by atoms with E-state index in [-0.39, 0.29) is 23.3 Å². The highest BCUT2D eigenvalue weighted by Gasteiger charge is 2.23. The van der Waals surface area contributed by atoms with Gasteiger partial charge in [-0.15, -0.1) is 0 Å². The number of carbonyl (C=O) groups is 1. The summed E-state index contributed by atoms with van der Waals surface area (Å²) >= 11 is 1.33. The molecule has 1 heterocycles. The van der Waals surface area contributed by atoms with Crippen LogP contribution < -0.4 is 10.9 Å². The molecule has 6 heteroatoms. The van der Waals surface area contributed by atoms with E-state index in [1.54, 1.807) is 10.6 Å². The Morgan fingerprint density at radius 3 is 2.79 bits per heavy atom. The molecule has 1 aliphatic carbocycles. The summed E-state index contributed by atoms with van der Waals surface area (Å²) in [6.07, 6.45) is 1.93. The van der Waals surface area contributed by atoms with Crippen LogP contribution in [-0.2, 0) is 17.8 Å². The Morgan fingerprint density at radius 2 is 1.97 bits per heavy atom. The molecule has 0 unspecified atom stereocenters. The minimum atomic E-state index is -0.0445. The van der Waals surface area contributed by atoms with Gasteiger partial charge in [-0.2, -0.15) is 0 Å². The van der Waals surface area contributed by atoms with E-state index in [4.69, 9.17) is 0 Å². The fourth-order valence-corrected chi connectivity index (χ4v) is 4.68. The number of aryl methyl sites for hydroxylation is 1. The predicted octanol–water partition coefficient (Wildman–Crippen LogP) is 3.95. The summed E-state index contributed by atoms with van der Waals surface area (Å²) in [7, 11) is 0. The number of thioether (sulfide) groups is 1. The van der Waals surface area contributed by atoms with Crippen molar-refractivity contribution in [3.63, 3.8) is 0 Å². The zero-order valence-electron chi connectivity index (χ0n) is 16.7. The Bertz CT molecular complexity index is 1110. The average molecular weight is 408 g/mol. The monoisotopic (exact) mass is 407 g/mol. The lowest BCUT2D eigenvalue weighted by Crippen LogP contribution is -2.30. The van der Waals surface area contributed by atoms with Crippen molar-refractivity contribution in [3.05, 3.63) is 70.0 Å². The topological polar surface area (TPSA) is 64.0 Å². The van der Waals surface area contributed by atoms with Crippen LogP contribution in [0, 0.1) is 5.92 Å². The van der Waals surface area contributed by atoms with Crippen molar-refractivity contribution in [2.45, 2.75) is 44.4 Å². The molecule has 0 radical (unpaired) electrons. The molecule has 29 heavy (non-hydrogen) atoms. The highest BCUT2D eigenvalue weighted by atomic mass is 32.2. The number of nitrogens with one attached hydrogen (secondary N) is 1. The fourth-order valence-electron chi connectivity index (χ4n) is 3.86. The lowest BCUT2D eigenvalue weighted by Gasteiger charge is -2.16. The smallest absolute Gasteiger partial charge is 0.262 e. The van der Waals surface area contributed by atoms with Crippen LogP contribution in [0.3, 0.4) is 0 Å². The molecular weight excluding hydrogens is 382 g/mol. The fraction of sp³-hybridized carbons (Fsp3) is 0.348. The maximum atomic E-state index is 13.0. The normalized spacial score (nSPS) is 15.6. The van der Waals surface area contributed by atoms with Gasteiger partial charge in [0.1, 0.15) is 0 Å². The van der Waals surface area contributed by atoms with Gasteiger partial charge in [0.15, 0.2) is 5.16 Å². The Balaban J connectivity index is 1.52. The first kappa shape index (κ1) is 19.7. The maximum Gasteiger partial charge on any atom is 0.262 e. The summed E-state index contributed by atoms with van der Waals surface area (Å²) in [4.78, 5) is 30.2. The van der Waals surface area contributed by atoms with E-state index in [9.17, 15) is 9.59 Å². The van der Waals surface area contributed by atoms with Crippen molar-refractivity contribution < 1.29 is 4.79 Å². The van der Waals surface area contributed by atoms with E-state index in [2.05, 4.69) is 36.3 Å². The van der Waals surface area contributed by atoms with Crippen LogP contribution >= 0.6 is 11.8 Å². The van der Waals surface area contributed by atoms with Gasteiger partial charge in [-0.25, -0.2) is 4.98 Å². The molecule has 0 saturated carbocycles. The minimum Gasteiger partial charge on any atom is -0.349 e. The Hall–Kier alpha value is -2.60. The van der Waals surface area contributed by atoms with Gasteiger partial charge in [0.25, 0.3) is 5.56 Å². The van der Waals surface area contributed by atoms with Crippen molar-refractivity contribution in [1.29, 1.82) is 0 Å². The number of benzene rings is 2. The number of hydrogen-bond acceptors (Lipinski definition) is 4. The second-order valence-electron chi connectivity index (χ2n) is 7.87. The number of carbonyl (C=O) groups excluding carboxylic acids is 1. The molecule has 0 spiro atoms. The summed E-state index contributed by atoms with van der Waals surface area (Å²) in [6, 6.07) is 15.7. The zero-order chi connectivity index (χ0) is 20.4. The van der Waals surface area contributed by atoms with Gasteiger partial charge in [-0.3, -0.25) is 14.2 Å². The van der Waals surface area contributed by atoms with Crippen LogP contribution in [0.4, 0.5) is 0 Å². The quantitative estimate of drug-likeness (QED) is 0.496. The van der Waals surface area contributed by atoms with Crippen LogP contribution in [0.1, 0.15) is 37.4 Å². The van der Waals surface area contributed by atoms with Gasteiger partial charge in [0, 0.05) is 6.54 Å². The summed E-state index contributed by atoms with van der Waals surface area (Å²) in [5.41, 5.74) is 3.15. The SMILES string of the molecule is CC(C)Cn1c(SCC(=O)N[C@H]2CCc3ccccc32)nc2ccccc2c1=O. The van der Waals surface area contributed by atoms with Crippen LogP contribution in [0.5, 0.6) is 0 Å². The Labute approximate surface area is 174 Å². The molecule has 0 bridgehead atoms. The molecule has 1 atom stereocenters.